The molecule has 0 saturated carbocycles. The molecule has 30 heavy (non-hydrogen) atoms. The van der Waals surface area contributed by atoms with E-state index in [0.29, 0.717) is 0 Å². The molecular weight excluding hydrogens is 360 g/mol. The molecule has 0 rings (SSSR count). The normalized spacial score (nSPS) is 12.7. The molecule has 0 radical (unpaired) electrons. The molecule has 0 aromatic heterocycles. The zero-order chi connectivity index (χ0) is 22.1. The van der Waals surface area contributed by atoms with Crippen molar-refractivity contribution in [2.75, 3.05) is 0 Å². The summed E-state index contributed by atoms with van der Waals surface area (Å²) in [7, 11) is 0. The first kappa shape index (κ1) is 30.0. The van der Waals surface area contributed by atoms with Crippen LogP contribution in [0.4, 0.5) is 0 Å². The third kappa shape index (κ3) is 21.2. The Morgan fingerprint density at radius 3 is 0.867 bits per heavy atom. The van der Waals surface area contributed by atoms with Gasteiger partial charge in [-0.05, 0) is 18.3 Å². The van der Waals surface area contributed by atoms with Crippen molar-refractivity contribution in [2.45, 2.75) is 182 Å². The Kier molecular flexibility index (Phi) is 25.3. The van der Waals surface area contributed by atoms with Crippen LogP contribution in [0.1, 0.15) is 182 Å². The van der Waals surface area contributed by atoms with E-state index in [1.165, 1.54) is 148 Å². The fraction of sp³-hybridized carbons (Fsp3) is 1.00. The van der Waals surface area contributed by atoms with E-state index in [0.717, 1.165) is 11.8 Å². The van der Waals surface area contributed by atoms with E-state index in [9.17, 15) is 0 Å². The van der Waals surface area contributed by atoms with Crippen molar-refractivity contribution in [3.63, 3.8) is 0 Å². The fourth-order valence-electron chi connectivity index (χ4n) is 5.20. The minimum atomic E-state index is 1.03. The maximum Gasteiger partial charge on any atom is -0.0412 e. The highest BCUT2D eigenvalue weighted by molar-refractivity contribution is 4.69. The van der Waals surface area contributed by atoms with Crippen molar-refractivity contribution in [2.24, 2.45) is 11.8 Å². The van der Waals surface area contributed by atoms with Crippen LogP contribution in [0.3, 0.4) is 0 Å². The molecule has 0 aromatic carbocycles. The molecule has 0 aromatic rings. The Hall–Kier alpha value is 0. The second-order valence-electron chi connectivity index (χ2n) is 10.4. The van der Waals surface area contributed by atoms with E-state index >= 15 is 0 Å². The Labute approximate surface area is 193 Å². The fourth-order valence-corrected chi connectivity index (χ4v) is 5.20. The van der Waals surface area contributed by atoms with Gasteiger partial charge >= 0.3 is 0 Å². The van der Waals surface area contributed by atoms with Crippen LogP contribution in [-0.4, -0.2) is 0 Å². The molecule has 0 bridgehead atoms. The zero-order valence-electron chi connectivity index (χ0n) is 22.1. The lowest BCUT2D eigenvalue weighted by Crippen LogP contribution is -2.10. The van der Waals surface area contributed by atoms with Crippen molar-refractivity contribution >= 4 is 0 Å². The largest absolute Gasteiger partial charge is 0.0654 e. The molecule has 0 heteroatoms. The van der Waals surface area contributed by atoms with Crippen molar-refractivity contribution < 1.29 is 0 Å². The maximum atomic E-state index is 2.36. The van der Waals surface area contributed by atoms with Gasteiger partial charge in [0.15, 0.2) is 0 Å². The predicted octanol–water partition coefficient (Wildman–Crippen LogP) is 11.7. The van der Waals surface area contributed by atoms with Crippen LogP contribution in [0.25, 0.3) is 0 Å². The average Bonchev–Trinajstić information content (AvgIpc) is 2.75. The molecule has 0 spiro atoms. The molecule has 0 fully saturated rings. The lowest BCUT2D eigenvalue weighted by atomic mass is 9.82. The van der Waals surface area contributed by atoms with Gasteiger partial charge in [-0.25, -0.2) is 0 Å². The highest BCUT2D eigenvalue weighted by Crippen LogP contribution is 2.30. The molecule has 0 aliphatic carbocycles. The SMILES string of the molecule is CCCCCCCCCCCCC(CCCCC)CC(CCCCC)CCCCC. The molecule has 0 heterocycles. The summed E-state index contributed by atoms with van der Waals surface area (Å²) >= 11 is 0. The van der Waals surface area contributed by atoms with Crippen molar-refractivity contribution in [3.05, 3.63) is 0 Å². The molecule has 1 unspecified atom stereocenters. The van der Waals surface area contributed by atoms with Crippen LogP contribution in [0.5, 0.6) is 0 Å². The van der Waals surface area contributed by atoms with E-state index < -0.39 is 0 Å². The quantitative estimate of drug-likeness (QED) is 0.128. The second kappa shape index (κ2) is 25.3. The van der Waals surface area contributed by atoms with E-state index in [1.807, 2.05) is 0 Å². The molecule has 0 nitrogen and oxygen atoms in total. The van der Waals surface area contributed by atoms with Gasteiger partial charge in [0.25, 0.3) is 0 Å². The third-order valence-corrected chi connectivity index (χ3v) is 7.28. The standard InChI is InChI=1S/C30H62/c1-5-9-13-14-15-16-17-18-19-23-27-30(26-22-12-8-4)28-29(24-20-10-6-2)25-21-11-7-3/h29-30H,5-28H2,1-4H3. The first-order chi connectivity index (χ1) is 14.8. The van der Waals surface area contributed by atoms with Crippen molar-refractivity contribution in [1.82, 2.24) is 0 Å². The molecule has 1 atom stereocenters. The van der Waals surface area contributed by atoms with Crippen molar-refractivity contribution in [3.8, 4) is 0 Å². The van der Waals surface area contributed by atoms with Crippen LogP contribution in [-0.2, 0) is 0 Å². The molecule has 0 amide bonds. The number of unbranched alkanes of at least 4 members (excludes halogenated alkanes) is 15. The van der Waals surface area contributed by atoms with Gasteiger partial charge in [-0.15, -0.1) is 0 Å². The van der Waals surface area contributed by atoms with Gasteiger partial charge in [-0.2, -0.15) is 0 Å². The summed E-state index contributed by atoms with van der Waals surface area (Å²) in [5, 5.41) is 0. The highest BCUT2D eigenvalue weighted by atomic mass is 14.2. The van der Waals surface area contributed by atoms with Crippen LogP contribution in [0.15, 0.2) is 0 Å². The smallest absolute Gasteiger partial charge is 0.0412 e. The van der Waals surface area contributed by atoms with Gasteiger partial charge in [-0.1, -0.05) is 175 Å². The van der Waals surface area contributed by atoms with Crippen LogP contribution < -0.4 is 0 Å². The Bertz CT molecular complexity index is 284. The van der Waals surface area contributed by atoms with Gasteiger partial charge < -0.3 is 0 Å². The number of hydrogen-bond acceptors (Lipinski definition) is 0. The molecule has 0 N–H and O–H groups in total. The summed E-state index contributed by atoms with van der Waals surface area (Å²) in [6.45, 7) is 9.37. The van der Waals surface area contributed by atoms with E-state index in [2.05, 4.69) is 27.7 Å². The minimum absolute atomic E-state index is 1.03. The summed E-state index contributed by atoms with van der Waals surface area (Å²) in [4.78, 5) is 0. The number of rotatable bonds is 25. The van der Waals surface area contributed by atoms with Gasteiger partial charge in [-0.3, -0.25) is 0 Å². The van der Waals surface area contributed by atoms with E-state index in [-0.39, 0.29) is 0 Å². The molecule has 0 aliphatic rings. The highest BCUT2D eigenvalue weighted by Gasteiger charge is 2.16. The van der Waals surface area contributed by atoms with E-state index in [4.69, 9.17) is 0 Å². The van der Waals surface area contributed by atoms with Crippen molar-refractivity contribution in [1.29, 1.82) is 0 Å². The van der Waals surface area contributed by atoms with Crippen LogP contribution >= 0.6 is 0 Å². The Morgan fingerprint density at radius 2 is 0.533 bits per heavy atom. The Balaban J connectivity index is 4.16. The van der Waals surface area contributed by atoms with Crippen LogP contribution in [0.2, 0.25) is 0 Å². The minimum Gasteiger partial charge on any atom is -0.0654 e. The predicted molar refractivity (Wildman–Crippen MR) is 140 cm³/mol. The second-order valence-corrected chi connectivity index (χ2v) is 10.4. The van der Waals surface area contributed by atoms with Gasteiger partial charge in [0.2, 0.25) is 0 Å². The molecule has 0 aliphatic heterocycles. The van der Waals surface area contributed by atoms with Crippen LogP contribution in [0, 0.1) is 11.8 Å². The molecule has 182 valence electrons. The molecular formula is C30H62. The lowest BCUT2D eigenvalue weighted by Gasteiger charge is -2.24. The maximum absolute atomic E-state index is 2.36. The topological polar surface area (TPSA) is 0 Å². The summed E-state index contributed by atoms with van der Waals surface area (Å²) in [6, 6.07) is 0. The van der Waals surface area contributed by atoms with Gasteiger partial charge in [0, 0.05) is 0 Å². The van der Waals surface area contributed by atoms with E-state index in [1.54, 1.807) is 6.42 Å². The summed E-state index contributed by atoms with van der Waals surface area (Å²) in [5.41, 5.74) is 0. The third-order valence-electron chi connectivity index (χ3n) is 7.28. The lowest BCUT2D eigenvalue weighted by molar-refractivity contribution is 0.284. The summed E-state index contributed by atoms with van der Waals surface area (Å²) in [5.74, 6) is 2.05. The number of hydrogen-bond donors (Lipinski definition) is 0. The average molecular weight is 423 g/mol. The van der Waals surface area contributed by atoms with Gasteiger partial charge in [0.05, 0.1) is 0 Å². The van der Waals surface area contributed by atoms with Gasteiger partial charge in [0.1, 0.15) is 0 Å². The first-order valence-corrected chi connectivity index (χ1v) is 14.8. The zero-order valence-corrected chi connectivity index (χ0v) is 22.1. The summed E-state index contributed by atoms with van der Waals surface area (Å²) in [6.07, 6.45) is 35.2. The molecule has 0 saturated heterocycles. The first-order valence-electron chi connectivity index (χ1n) is 14.8. The Morgan fingerprint density at radius 1 is 0.300 bits per heavy atom. The summed E-state index contributed by atoms with van der Waals surface area (Å²) < 4.78 is 0. The monoisotopic (exact) mass is 422 g/mol.